The molecule has 0 unspecified atom stereocenters. The number of amides is 1. The highest BCUT2D eigenvalue weighted by molar-refractivity contribution is 5.97. The van der Waals surface area contributed by atoms with E-state index in [2.05, 4.69) is 5.32 Å². The number of rotatable bonds is 5. The molecule has 3 aromatic rings. The van der Waals surface area contributed by atoms with Crippen LogP contribution >= 0.6 is 0 Å². The number of nitrogens with one attached hydrogen (secondary N) is 1. The molecule has 1 fully saturated rings. The van der Waals surface area contributed by atoms with Gasteiger partial charge in [0.2, 0.25) is 5.91 Å². The van der Waals surface area contributed by atoms with E-state index in [0.29, 0.717) is 12.4 Å². The van der Waals surface area contributed by atoms with Crippen molar-refractivity contribution in [3.05, 3.63) is 54.3 Å². The van der Waals surface area contributed by atoms with Crippen LogP contribution in [0.1, 0.15) is 32.6 Å². The van der Waals surface area contributed by atoms with E-state index in [1.54, 1.807) is 12.1 Å². The Morgan fingerprint density at radius 3 is 2.61 bits per heavy atom. The fourth-order valence-electron chi connectivity index (χ4n) is 3.75. The molecule has 0 saturated heterocycles. The SMILES string of the molecule is CCOc1cc(-c2ccc(F)cc2)nc2ccc(NC(=O)C3CCCC3)cc12. The average Bonchev–Trinajstić information content (AvgIpc) is 3.24. The average molecular weight is 378 g/mol. The Labute approximate surface area is 163 Å². The van der Waals surface area contributed by atoms with Crippen LogP contribution in [0, 0.1) is 11.7 Å². The van der Waals surface area contributed by atoms with E-state index >= 15 is 0 Å². The summed E-state index contributed by atoms with van der Waals surface area (Å²) in [6.07, 6.45) is 4.18. The monoisotopic (exact) mass is 378 g/mol. The third kappa shape index (κ3) is 3.84. The van der Waals surface area contributed by atoms with Gasteiger partial charge in [-0.3, -0.25) is 4.79 Å². The summed E-state index contributed by atoms with van der Waals surface area (Å²) in [6, 6.07) is 13.8. The predicted molar refractivity (Wildman–Crippen MR) is 109 cm³/mol. The maximum absolute atomic E-state index is 13.2. The van der Waals surface area contributed by atoms with Crippen molar-refractivity contribution in [2.45, 2.75) is 32.6 Å². The maximum Gasteiger partial charge on any atom is 0.227 e. The number of nitrogens with zero attached hydrogens (tertiary/aromatic N) is 1. The van der Waals surface area contributed by atoms with Crippen LogP contribution in [0.15, 0.2) is 48.5 Å². The molecule has 1 aliphatic carbocycles. The van der Waals surface area contributed by atoms with Crippen molar-refractivity contribution < 1.29 is 13.9 Å². The van der Waals surface area contributed by atoms with Crippen molar-refractivity contribution >= 4 is 22.5 Å². The van der Waals surface area contributed by atoms with E-state index in [1.165, 1.54) is 12.1 Å². The Kier molecular flexibility index (Phi) is 5.24. The van der Waals surface area contributed by atoms with Crippen molar-refractivity contribution in [2.75, 3.05) is 11.9 Å². The van der Waals surface area contributed by atoms with E-state index < -0.39 is 0 Å². The molecule has 0 spiro atoms. The van der Waals surface area contributed by atoms with Gasteiger partial charge in [0.25, 0.3) is 0 Å². The Hall–Kier alpha value is -2.95. The van der Waals surface area contributed by atoms with E-state index in [0.717, 1.165) is 53.5 Å². The van der Waals surface area contributed by atoms with Gasteiger partial charge in [0.05, 0.1) is 17.8 Å². The van der Waals surface area contributed by atoms with E-state index in [4.69, 9.17) is 9.72 Å². The molecule has 5 heteroatoms. The molecule has 28 heavy (non-hydrogen) atoms. The lowest BCUT2D eigenvalue weighted by Crippen LogP contribution is -2.20. The molecule has 4 nitrogen and oxygen atoms in total. The quantitative estimate of drug-likeness (QED) is 0.632. The fraction of sp³-hybridized carbons (Fsp3) is 0.304. The van der Waals surface area contributed by atoms with Gasteiger partial charge in [-0.1, -0.05) is 12.8 Å². The number of hydrogen-bond donors (Lipinski definition) is 1. The van der Waals surface area contributed by atoms with Crippen molar-refractivity contribution in [1.29, 1.82) is 0 Å². The molecule has 1 amide bonds. The molecular weight excluding hydrogens is 355 g/mol. The zero-order chi connectivity index (χ0) is 19.5. The molecule has 0 bridgehead atoms. The van der Waals surface area contributed by atoms with Gasteiger partial charge in [0.1, 0.15) is 11.6 Å². The van der Waals surface area contributed by atoms with Crippen LogP contribution in [-0.2, 0) is 4.79 Å². The van der Waals surface area contributed by atoms with Crippen molar-refractivity contribution in [3.63, 3.8) is 0 Å². The summed E-state index contributed by atoms with van der Waals surface area (Å²) in [5.74, 6) is 0.618. The van der Waals surface area contributed by atoms with Gasteiger partial charge in [-0.2, -0.15) is 0 Å². The van der Waals surface area contributed by atoms with Gasteiger partial charge >= 0.3 is 0 Å². The van der Waals surface area contributed by atoms with Crippen LogP contribution < -0.4 is 10.1 Å². The molecule has 0 atom stereocenters. The summed E-state index contributed by atoms with van der Waals surface area (Å²) in [4.78, 5) is 17.1. The van der Waals surface area contributed by atoms with Gasteiger partial charge in [0, 0.05) is 28.6 Å². The predicted octanol–water partition coefficient (Wildman–Crippen LogP) is 5.57. The smallest absolute Gasteiger partial charge is 0.227 e. The number of carbonyl (C=O) groups excluding carboxylic acids is 1. The van der Waals surface area contributed by atoms with Crippen molar-refractivity contribution in [3.8, 4) is 17.0 Å². The number of fused-ring (bicyclic) bond motifs is 1. The second kappa shape index (κ2) is 7.97. The topological polar surface area (TPSA) is 51.2 Å². The lowest BCUT2D eigenvalue weighted by molar-refractivity contribution is -0.119. The number of pyridine rings is 1. The minimum Gasteiger partial charge on any atom is -0.493 e. The van der Waals surface area contributed by atoms with Crippen molar-refractivity contribution in [1.82, 2.24) is 4.98 Å². The number of hydrogen-bond acceptors (Lipinski definition) is 3. The summed E-state index contributed by atoms with van der Waals surface area (Å²) >= 11 is 0. The fourth-order valence-corrected chi connectivity index (χ4v) is 3.75. The number of carbonyl (C=O) groups is 1. The number of halogens is 1. The summed E-state index contributed by atoms with van der Waals surface area (Å²) in [5.41, 5.74) is 3.06. The van der Waals surface area contributed by atoms with E-state index in [-0.39, 0.29) is 17.6 Å². The molecule has 1 saturated carbocycles. The van der Waals surface area contributed by atoms with Crippen LogP contribution in [0.3, 0.4) is 0 Å². The van der Waals surface area contributed by atoms with Gasteiger partial charge < -0.3 is 10.1 Å². The molecule has 1 heterocycles. The molecule has 2 aromatic carbocycles. The third-order valence-electron chi connectivity index (χ3n) is 5.20. The Balaban J connectivity index is 1.69. The van der Waals surface area contributed by atoms with Crippen LogP contribution in [0.5, 0.6) is 5.75 Å². The van der Waals surface area contributed by atoms with Gasteiger partial charge in [-0.25, -0.2) is 9.37 Å². The van der Waals surface area contributed by atoms with E-state index in [9.17, 15) is 9.18 Å². The highest BCUT2D eigenvalue weighted by Gasteiger charge is 2.22. The first-order valence-electron chi connectivity index (χ1n) is 9.78. The first-order chi connectivity index (χ1) is 13.6. The lowest BCUT2D eigenvalue weighted by Gasteiger charge is -2.14. The molecule has 0 aliphatic heterocycles. The van der Waals surface area contributed by atoms with Crippen LogP contribution in [0.25, 0.3) is 22.2 Å². The molecule has 1 N–H and O–H groups in total. The zero-order valence-corrected chi connectivity index (χ0v) is 15.9. The standard InChI is InChI=1S/C23H23FN2O2/c1-2-28-22-14-21(15-7-9-17(24)10-8-15)26-20-12-11-18(13-19(20)22)25-23(27)16-5-3-4-6-16/h7-14,16H,2-6H2,1H3,(H,25,27). The van der Waals surface area contributed by atoms with Crippen LogP contribution in [-0.4, -0.2) is 17.5 Å². The molecule has 144 valence electrons. The van der Waals surface area contributed by atoms with Gasteiger partial charge in [-0.15, -0.1) is 0 Å². The molecule has 4 rings (SSSR count). The van der Waals surface area contributed by atoms with E-state index in [1.807, 2.05) is 31.2 Å². The summed E-state index contributed by atoms with van der Waals surface area (Å²) < 4.78 is 19.1. The highest BCUT2D eigenvalue weighted by Crippen LogP contribution is 2.33. The maximum atomic E-state index is 13.2. The van der Waals surface area contributed by atoms with Gasteiger partial charge in [0.15, 0.2) is 0 Å². The van der Waals surface area contributed by atoms with Crippen molar-refractivity contribution in [2.24, 2.45) is 5.92 Å². The molecule has 1 aliphatic rings. The summed E-state index contributed by atoms with van der Waals surface area (Å²) in [6.45, 7) is 2.44. The van der Waals surface area contributed by atoms with Crippen LogP contribution in [0.4, 0.5) is 10.1 Å². The lowest BCUT2D eigenvalue weighted by atomic mass is 10.1. The summed E-state index contributed by atoms with van der Waals surface area (Å²) in [7, 11) is 0. The van der Waals surface area contributed by atoms with Crippen LogP contribution in [0.2, 0.25) is 0 Å². The molecule has 1 aromatic heterocycles. The number of anilines is 1. The first kappa shape index (κ1) is 18.4. The number of ether oxygens (including phenoxy) is 1. The normalized spacial score (nSPS) is 14.4. The third-order valence-corrected chi connectivity index (χ3v) is 5.20. The second-order valence-electron chi connectivity index (χ2n) is 7.15. The highest BCUT2D eigenvalue weighted by atomic mass is 19.1. The minimum absolute atomic E-state index is 0.0886. The minimum atomic E-state index is -0.280. The Morgan fingerprint density at radius 2 is 1.89 bits per heavy atom. The summed E-state index contributed by atoms with van der Waals surface area (Å²) in [5, 5.41) is 3.88. The first-order valence-corrected chi connectivity index (χ1v) is 9.78. The number of aromatic nitrogens is 1. The Bertz CT molecular complexity index is 995. The number of benzene rings is 2. The molecular formula is C23H23FN2O2. The largest absolute Gasteiger partial charge is 0.493 e. The molecule has 0 radical (unpaired) electrons. The zero-order valence-electron chi connectivity index (χ0n) is 15.9. The Morgan fingerprint density at radius 1 is 1.14 bits per heavy atom. The second-order valence-corrected chi connectivity index (χ2v) is 7.15. The van der Waals surface area contributed by atoms with Gasteiger partial charge in [-0.05, 0) is 62.2 Å².